The Bertz CT molecular complexity index is 4050. The highest BCUT2D eigenvalue weighted by molar-refractivity contribution is 7.26. The van der Waals surface area contributed by atoms with Crippen molar-refractivity contribution in [1.29, 1.82) is 0 Å². The van der Waals surface area contributed by atoms with Crippen LogP contribution in [0.3, 0.4) is 0 Å². The summed E-state index contributed by atoms with van der Waals surface area (Å²) in [5.41, 5.74) is 20.2. The van der Waals surface area contributed by atoms with E-state index in [9.17, 15) is 0 Å². The zero-order chi connectivity index (χ0) is 47.5. The SMILES string of the molecule is CC(C)c1ccc(N(c2ccccc2)c2ccc3c(c2)C2(c4ccccc4-n4c5ccccc5c5cccc2c54)c2cc(N(c4ccccc4)c4ccc(C(C)C)cc4)c4sc5ccccc5c4c2-3)cc1. The minimum absolute atomic E-state index is 0.425. The molecule has 0 fully saturated rings. The van der Waals surface area contributed by atoms with Crippen LogP contribution in [0.25, 0.3) is 58.8 Å². The predicted molar refractivity (Wildman–Crippen MR) is 302 cm³/mol. The van der Waals surface area contributed by atoms with Gasteiger partial charge in [0.25, 0.3) is 0 Å². The molecule has 1 spiro atoms. The van der Waals surface area contributed by atoms with Gasteiger partial charge in [-0.1, -0.05) is 167 Å². The van der Waals surface area contributed by atoms with Crippen molar-refractivity contribution in [3.05, 3.63) is 258 Å². The summed E-state index contributed by atoms with van der Waals surface area (Å²) >= 11 is 1.91. The van der Waals surface area contributed by atoms with Gasteiger partial charge in [-0.05, 0) is 141 Å². The zero-order valence-corrected chi connectivity index (χ0v) is 41.1. The molecule has 0 saturated carbocycles. The van der Waals surface area contributed by atoms with Gasteiger partial charge in [-0.15, -0.1) is 11.3 Å². The van der Waals surface area contributed by atoms with Crippen LogP contribution in [-0.2, 0) is 5.41 Å². The van der Waals surface area contributed by atoms with E-state index in [-0.39, 0.29) is 0 Å². The van der Waals surface area contributed by atoms with Crippen molar-refractivity contribution in [3.8, 4) is 16.8 Å². The fourth-order valence-electron chi connectivity index (χ4n) is 12.3. The van der Waals surface area contributed by atoms with Gasteiger partial charge in [-0.25, -0.2) is 0 Å². The van der Waals surface area contributed by atoms with E-state index in [2.05, 4.69) is 267 Å². The Morgan fingerprint density at radius 1 is 0.423 bits per heavy atom. The van der Waals surface area contributed by atoms with Gasteiger partial charge >= 0.3 is 0 Å². The quantitative estimate of drug-likeness (QED) is 0.150. The molecule has 0 radical (unpaired) electrons. The lowest BCUT2D eigenvalue weighted by molar-refractivity contribution is 0.749. The van der Waals surface area contributed by atoms with Crippen LogP contribution in [0, 0.1) is 0 Å². The second-order valence-corrected chi connectivity index (χ2v) is 21.1. The molecule has 12 aromatic rings. The van der Waals surface area contributed by atoms with Gasteiger partial charge in [0.1, 0.15) is 0 Å². The second kappa shape index (κ2) is 15.9. The molecule has 1 unspecified atom stereocenters. The molecule has 0 saturated heterocycles. The van der Waals surface area contributed by atoms with E-state index >= 15 is 0 Å². The number of hydrogen-bond acceptors (Lipinski definition) is 3. The fraction of sp³-hybridized carbons (Fsp3) is 0.104. The molecule has 0 amide bonds. The standard InChI is InChI=1S/C67H51N3S/c1-42(2)44-30-34-48(35-31-44)68(46-18-7-5-8-19-46)50-38-39-53-57(40-50)67(55-25-13-15-28-60(55)70-59-27-14-11-22-51(59)52-24-17-26-56(67)65(52)70)58-41-61(66-64(63(53)58)54-23-12-16-29-62(54)71-66)69(47-20-9-6-10-21-47)49-36-32-45(33-37-49)43(3)4/h5-43H,1-4H3. The number of anilines is 6. The molecule has 2 aromatic heterocycles. The van der Waals surface area contributed by atoms with Crippen molar-refractivity contribution in [2.75, 3.05) is 9.80 Å². The Hall–Kier alpha value is -8.18. The number of thiophene rings is 1. The van der Waals surface area contributed by atoms with Crippen molar-refractivity contribution in [3.63, 3.8) is 0 Å². The topological polar surface area (TPSA) is 11.4 Å². The van der Waals surface area contributed by atoms with E-state index in [1.165, 1.54) is 97.9 Å². The molecule has 0 bridgehead atoms. The van der Waals surface area contributed by atoms with Gasteiger partial charge in [0.05, 0.1) is 32.5 Å². The summed E-state index contributed by atoms with van der Waals surface area (Å²) in [6.07, 6.45) is 0. The van der Waals surface area contributed by atoms with Crippen LogP contribution in [0.1, 0.15) is 72.9 Å². The van der Waals surface area contributed by atoms with Crippen molar-refractivity contribution < 1.29 is 0 Å². The van der Waals surface area contributed by atoms with Crippen LogP contribution in [-0.4, -0.2) is 4.57 Å². The van der Waals surface area contributed by atoms with Crippen LogP contribution >= 0.6 is 11.3 Å². The van der Waals surface area contributed by atoms with Crippen molar-refractivity contribution in [2.24, 2.45) is 0 Å². The first-order valence-corrected chi connectivity index (χ1v) is 25.9. The number of nitrogens with zero attached hydrogens (tertiary/aromatic N) is 3. The molecule has 1 aliphatic carbocycles. The van der Waals surface area contributed by atoms with E-state index in [4.69, 9.17) is 0 Å². The number of fused-ring (bicyclic) bond motifs is 16. The lowest BCUT2D eigenvalue weighted by Gasteiger charge is -2.40. The fourth-order valence-corrected chi connectivity index (χ4v) is 13.5. The molecule has 14 rings (SSSR count). The molecular weight excluding hydrogens is 879 g/mol. The summed E-state index contributed by atoms with van der Waals surface area (Å²) < 4.78 is 5.12. The Labute approximate surface area is 419 Å². The van der Waals surface area contributed by atoms with E-state index in [0.29, 0.717) is 11.8 Å². The lowest BCUT2D eigenvalue weighted by Crippen LogP contribution is -2.33. The highest BCUT2D eigenvalue weighted by atomic mass is 32.1. The maximum Gasteiger partial charge on any atom is 0.0756 e. The van der Waals surface area contributed by atoms with E-state index in [1.807, 2.05) is 11.3 Å². The Kier molecular flexibility index (Phi) is 9.37. The number of aromatic nitrogens is 1. The average molecular weight is 930 g/mol. The van der Waals surface area contributed by atoms with Gasteiger partial charge in [-0.2, -0.15) is 0 Å². The zero-order valence-electron chi connectivity index (χ0n) is 40.3. The Balaban J connectivity index is 1.16. The first-order chi connectivity index (χ1) is 34.9. The molecule has 2 aliphatic rings. The van der Waals surface area contributed by atoms with Gasteiger partial charge in [0, 0.05) is 54.7 Å². The Morgan fingerprint density at radius 3 is 1.68 bits per heavy atom. The molecular formula is C67H51N3S. The molecule has 71 heavy (non-hydrogen) atoms. The molecule has 3 nitrogen and oxygen atoms in total. The summed E-state index contributed by atoms with van der Waals surface area (Å²) in [5.74, 6) is 0.859. The number of hydrogen-bond donors (Lipinski definition) is 0. The minimum atomic E-state index is -0.721. The van der Waals surface area contributed by atoms with E-state index in [1.54, 1.807) is 0 Å². The molecule has 4 heteroatoms. The number of rotatable bonds is 8. The van der Waals surface area contributed by atoms with E-state index < -0.39 is 5.41 Å². The lowest BCUT2D eigenvalue weighted by atomic mass is 9.65. The number of para-hydroxylation sites is 5. The second-order valence-electron chi connectivity index (χ2n) is 20.0. The summed E-state index contributed by atoms with van der Waals surface area (Å²) in [4.78, 5) is 4.97. The first-order valence-electron chi connectivity index (χ1n) is 25.1. The third-order valence-electron chi connectivity index (χ3n) is 15.5. The minimum Gasteiger partial charge on any atom is -0.310 e. The van der Waals surface area contributed by atoms with Gasteiger partial charge in [0.15, 0.2) is 0 Å². The number of benzene rings is 10. The molecule has 0 N–H and O–H groups in total. The van der Waals surface area contributed by atoms with Crippen molar-refractivity contribution >= 4 is 87.4 Å². The third kappa shape index (κ3) is 6.01. The molecule has 3 heterocycles. The molecule has 340 valence electrons. The molecule has 1 atom stereocenters. The molecule has 1 aliphatic heterocycles. The van der Waals surface area contributed by atoms with E-state index in [0.717, 1.165) is 28.4 Å². The van der Waals surface area contributed by atoms with Gasteiger partial charge in [0.2, 0.25) is 0 Å². The largest absolute Gasteiger partial charge is 0.310 e. The van der Waals surface area contributed by atoms with Crippen LogP contribution < -0.4 is 9.80 Å². The maximum absolute atomic E-state index is 2.60. The van der Waals surface area contributed by atoms with Crippen LogP contribution in [0.4, 0.5) is 34.1 Å². The molecule has 10 aromatic carbocycles. The van der Waals surface area contributed by atoms with Crippen molar-refractivity contribution in [2.45, 2.75) is 44.9 Å². The van der Waals surface area contributed by atoms with Gasteiger partial charge in [-0.3, -0.25) is 0 Å². The van der Waals surface area contributed by atoms with Crippen LogP contribution in [0.2, 0.25) is 0 Å². The Morgan fingerprint density at radius 2 is 0.972 bits per heavy atom. The van der Waals surface area contributed by atoms with Crippen molar-refractivity contribution in [1.82, 2.24) is 4.57 Å². The maximum atomic E-state index is 2.60. The predicted octanol–water partition coefficient (Wildman–Crippen LogP) is 19.0. The first kappa shape index (κ1) is 41.8. The smallest absolute Gasteiger partial charge is 0.0756 e. The summed E-state index contributed by atoms with van der Waals surface area (Å²) in [7, 11) is 0. The average Bonchev–Trinajstić information content (AvgIpc) is 4.08. The monoisotopic (exact) mass is 929 g/mol. The summed E-state index contributed by atoms with van der Waals surface area (Å²) in [5, 5.41) is 5.13. The van der Waals surface area contributed by atoms with Gasteiger partial charge < -0.3 is 14.4 Å². The highest BCUT2D eigenvalue weighted by Crippen LogP contribution is 2.65. The normalized spacial score (nSPS) is 14.5. The summed E-state index contributed by atoms with van der Waals surface area (Å²) in [6, 6.07) is 84.8. The van der Waals surface area contributed by atoms with Crippen LogP contribution in [0.5, 0.6) is 0 Å². The summed E-state index contributed by atoms with van der Waals surface area (Å²) in [6.45, 7) is 9.09. The third-order valence-corrected chi connectivity index (χ3v) is 16.7. The van der Waals surface area contributed by atoms with Crippen LogP contribution in [0.15, 0.2) is 224 Å². The highest BCUT2D eigenvalue weighted by Gasteiger charge is 2.52.